The first-order valence-electron chi connectivity index (χ1n) is 14.4. The van der Waals surface area contributed by atoms with Crippen molar-refractivity contribution in [3.8, 4) is 11.3 Å². The predicted octanol–water partition coefficient (Wildman–Crippen LogP) is 3.59. The number of carbonyl (C=O) groups is 3. The van der Waals surface area contributed by atoms with E-state index in [1.54, 1.807) is 23.5 Å². The van der Waals surface area contributed by atoms with Gasteiger partial charge in [0.25, 0.3) is 12.0 Å². The van der Waals surface area contributed by atoms with Crippen LogP contribution in [-0.2, 0) is 14.3 Å². The van der Waals surface area contributed by atoms with Crippen LogP contribution >= 0.6 is 11.3 Å². The minimum absolute atomic E-state index is 0.0716. The second kappa shape index (κ2) is 12.6. The Morgan fingerprint density at radius 3 is 2.52 bits per heavy atom. The molecule has 1 aromatic carbocycles. The quantitative estimate of drug-likeness (QED) is 0.494. The third-order valence-electron chi connectivity index (χ3n) is 8.59. The largest absolute Gasteiger partial charge is 0.367 e. The fourth-order valence-electron chi connectivity index (χ4n) is 5.88. The molecule has 3 aliphatic heterocycles. The zero-order chi connectivity index (χ0) is 30.1. The maximum Gasteiger partial charge on any atom is 0.266 e. The SMILES string of the molecule is CCC(C)C(NC(=O)c1ccc(-c2nc(N3CCN(C)CC3)sc2C)cc1)C(=O)N1CC(C=C(F)F)C2OCC(=O)C21. The molecule has 2 aromatic rings. The topological polar surface area (TPSA) is 95.1 Å². The third-order valence-corrected chi connectivity index (χ3v) is 9.62. The van der Waals surface area contributed by atoms with Crippen molar-refractivity contribution in [2.24, 2.45) is 11.8 Å². The molecule has 5 unspecified atom stereocenters. The lowest BCUT2D eigenvalue weighted by molar-refractivity contribution is -0.139. The number of piperazine rings is 1. The van der Waals surface area contributed by atoms with Crippen LogP contribution in [0.5, 0.6) is 0 Å². The molecule has 3 saturated heterocycles. The van der Waals surface area contributed by atoms with Crippen LogP contribution in [0.15, 0.2) is 36.4 Å². The minimum atomic E-state index is -1.88. The van der Waals surface area contributed by atoms with E-state index in [0.29, 0.717) is 12.0 Å². The summed E-state index contributed by atoms with van der Waals surface area (Å²) in [7, 11) is 2.12. The summed E-state index contributed by atoms with van der Waals surface area (Å²) in [6.45, 7) is 9.35. The Morgan fingerprint density at radius 1 is 1.19 bits per heavy atom. The molecular formula is C30H37F2N5O4S. The summed E-state index contributed by atoms with van der Waals surface area (Å²) in [5.74, 6) is -2.25. The molecule has 0 aliphatic carbocycles. The van der Waals surface area contributed by atoms with Crippen LogP contribution in [-0.4, -0.2) is 96.9 Å². The number of hydrogen-bond donors (Lipinski definition) is 1. The number of nitrogens with zero attached hydrogens (tertiary/aromatic N) is 4. The first-order valence-corrected chi connectivity index (χ1v) is 15.2. The number of likely N-dealkylation sites (tertiary alicyclic amines) is 1. The van der Waals surface area contributed by atoms with E-state index in [1.165, 1.54) is 4.90 Å². The highest BCUT2D eigenvalue weighted by Gasteiger charge is 2.53. The molecule has 5 rings (SSSR count). The van der Waals surface area contributed by atoms with Crippen molar-refractivity contribution in [2.75, 3.05) is 51.3 Å². The predicted molar refractivity (Wildman–Crippen MR) is 157 cm³/mol. The third kappa shape index (κ3) is 6.11. The number of carbonyl (C=O) groups excluding carboxylic acids is 3. The standard InChI is InChI=1S/C30H37F2N5O4S/c1-5-17(2)24(29(40)37-15-21(14-23(31)32)27-26(37)22(38)16-41-27)33-28(39)20-8-6-19(7-9-20)25-18(3)42-30(34-25)36-12-10-35(4)11-13-36/h6-9,14,17,21,24,26-27H,5,10-13,15-16H2,1-4H3,(H,33,39). The van der Waals surface area contributed by atoms with Gasteiger partial charge in [-0.2, -0.15) is 8.78 Å². The average Bonchev–Trinajstić information content (AvgIpc) is 3.66. The first kappa shape index (κ1) is 30.2. The summed E-state index contributed by atoms with van der Waals surface area (Å²) in [4.78, 5) is 51.5. The van der Waals surface area contributed by atoms with E-state index >= 15 is 0 Å². The van der Waals surface area contributed by atoms with Crippen LogP contribution in [0.1, 0.15) is 35.5 Å². The summed E-state index contributed by atoms with van der Waals surface area (Å²) in [5, 5.41) is 3.86. The molecule has 42 heavy (non-hydrogen) atoms. The fourth-order valence-corrected chi connectivity index (χ4v) is 6.86. The van der Waals surface area contributed by atoms with Gasteiger partial charge in [-0.05, 0) is 38.1 Å². The van der Waals surface area contributed by atoms with Crippen LogP contribution in [0.2, 0.25) is 0 Å². The number of Topliss-reactive ketones (excluding diaryl/α,β-unsaturated/α-hetero) is 1. The fraction of sp³-hybridized carbons (Fsp3) is 0.533. The normalized spacial score (nSPS) is 24.0. The monoisotopic (exact) mass is 601 g/mol. The van der Waals surface area contributed by atoms with E-state index in [4.69, 9.17) is 9.72 Å². The van der Waals surface area contributed by atoms with Gasteiger partial charge in [0, 0.05) is 54.6 Å². The van der Waals surface area contributed by atoms with Crippen LogP contribution in [0.4, 0.5) is 13.9 Å². The molecule has 0 bridgehead atoms. The van der Waals surface area contributed by atoms with Crippen molar-refractivity contribution < 1.29 is 27.9 Å². The highest BCUT2D eigenvalue weighted by molar-refractivity contribution is 7.16. The maximum atomic E-state index is 13.7. The van der Waals surface area contributed by atoms with Gasteiger partial charge in [0.05, 0.1) is 11.8 Å². The van der Waals surface area contributed by atoms with Gasteiger partial charge >= 0.3 is 0 Å². The average molecular weight is 602 g/mol. The summed E-state index contributed by atoms with van der Waals surface area (Å²) in [6.07, 6.45) is -1.35. The molecule has 0 radical (unpaired) electrons. The summed E-state index contributed by atoms with van der Waals surface area (Å²) < 4.78 is 31.6. The van der Waals surface area contributed by atoms with E-state index in [1.807, 2.05) is 32.9 Å². The lowest BCUT2D eigenvalue weighted by Gasteiger charge is -2.32. The number of thiazole rings is 1. The number of anilines is 1. The number of fused-ring (bicyclic) bond motifs is 1. The van der Waals surface area contributed by atoms with Crippen molar-refractivity contribution in [3.05, 3.63) is 46.9 Å². The number of aromatic nitrogens is 1. The van der Waals surface area contributed by atoms with Crippen molar-refractivity contribution >= 4 is 34.1 Å². The van der Waals surface area contributed by atoms with Gasteiger partial charge in [0.15, 0.2) is 10.9 Å². The van der Waals surface area contributed by atoms with Crippen molar-refractivity contribution in [2.45, 2.75) is 45.4 Å². The van der Waals surface area contributed by atoms with Crippen LogP contribution < -0.4 is 10.2 Å². The molecule has 3 fully saturated rings. The Hall–Kier alpha value is -3.22. The zero-order valence-corrected chi connectivity index (χ0v) is 25.1. The number of aryl methyl sites for hydroxylation is 1. The van der Waals surface area contributed by atoms with E-state index in [0.717, 1.165) is 53.5 Å². The van der Waals surface area contributed by atoms with Crippen molar-refractivity contribution in [1.29, 1.82) is 0 Å². The van der Waals surface area contributed by atoms with Crippen LogP contribution in [0.3, 0.4) is 0 Å². The highest BCUT2D eigenvalue weighted by atomic mass is 32.1. The summed E-state index contributed by atoms with van der Waals surface area (Å²) in [6, 6.07) is 5.27. The Labute approximate surface area is 248 Å². The first-order chi connectivity index (χ1) is 20.1. The highest BCUT2D eigenvalue weighted by Crippen LogP contribution is 2.35. The molecule has 0 spiro atoms. The van der Waals surface area contributed by atoms with E-state index < -0.39 is 42.0 Å². The molecule has 2 amide bonds. The number of nitrogens with one attached hydrogen (secondary N) is 1. The maximum absolute atomic E-state index is 13.7. The van der Waals surface area contributed by atoms with Gasteiger partial charge in [0.2, 0.25) is 5.91 Å². The van der Waals surface area contributed by atoms with Gasteiger partial charge in [0.1, 0.15) is 18.7 Å². The Kier molecular flexibility index (Phi) is 9.05. The Balaban J connectivity index is 1.30. The zero-order valence-electron chi connectivity index (χ0n) is 24.3. The van der Waals surface area contributed by atoms with E-state index in [2.05, 4.69) is 22.2 Å². The number of ether oxygens (including phenoxy) is 1. The summed E-state index contributed by atoms with van der Waals surface area (Å²) >= 11 is 1.66. The number of ketones is 1. The molecule has 5 atom stereocenters. The molecule has 4 heterocycles. The Morgan fingerprint density at radius 2 is 1.88 bits per heavy atom. The molecule has 3 aliphatic rings. The second-order valence-electron chi connectivity index (χ2n) is 11.4. The number of hydrogen-bond acceptors (Lipinski definition) is 8. The molecule has 12 heteroatoms. The lowest BCUT2D eigenvalue weighted by Crippen LogP contribution is -2.54. The number of likely N-dealkylation sites (N-methyl/N-ethyl adjacent to an activating group) is 1. The number of amides is 2. The van der Waals surface area contributed by atoms with Crippen LogP contribution in [0.25, 0.3) is 11.3 Å². The van der Waals surface area contributed by atoms with E-state index in [9.17, 15) is 23.2 Å². The number of benzene rings is 1. The smallest absolute Gasteiger partial charge is 0.266 e. The van der Waals surface area contributed by atoms with Gasteiger partial charge in [-0.25, -0.2) is 4.98 Å². The van der Waals surface area contributed by atoms with Gasteiger partial charge in [-0.1, -0.05) is 32.4 Å². The summed E-state index contributed by atoms with van der Waals surface area (Å²) in [5.41, 5.74) is 2.16. The van der Waals surface area contributed by atoms with Crippen molar-refractivity contribution in [1.82, 2.24) is 20.1 Å². The second-order valence-corrected chi connectivity index (χ2v) is 12.6. The van der Waals surface area contributed by atoms with Crippen LogP contribution in [0, 0.1) is 18.8 Å². The number of rotatable bonds is 8. The molecular weight excluding hydrogens is 564 g/mol. The van der Waals surface area contributed by atoms with Crippen molar-refractivity contribution in [3.63, 3.8) is 0 Å². The van der Waals surface area contributed by atoms with Gasteiger partial charge in [-0.15, -0.1) is 11.3 Å². The molecule has 1 aromatic heterocycles. The molecule has 9 nitrogen and oxygen atoms in total. The molecule has 226 valence electrons. The lowest BCUT2D eigenvalue weighted by atomic mass is 9.96. The Bertz CT molecular complexity index is 1350. The molecule has 1 N–H and O–H groups in total. The van der Waals surface area contributed by atoms with Gasteiger partial charge < -0.3 is 24.8 Å². The minimum Gasteiger partial charge on any atom is -0.367 e. The van der Waals surface area contributed by atoms with E-state index in [-0.39, 0.29) is 24.9 Å². The number of halogens is 2. The molecule has 0 saturated carbocycles. The van der Waals surface area contributed by atoms with Gasteiger partial charge in [-0.3, -0.25) is 14.4 Å².